The van der Waals surface area contributed by atoms with Crippen LogP contribution in [-0.2, 0) is 0 Å². The molecule has 3 aromatic rings. The molecule has 0 radical (unpaired) electrons. The quantitative estimate of drug-likeness (QED) is 0.253. The van der Waals surface area contributed by atoms with Gasteiger partial charge in [-0.2, -0.15) is 0 Å². The number of hydrogen-bond acceptors (Lipinski definition) is 0. The number of hydrogen-bond donors (Lipinski definition) is 0. The molecule has 3 rings (SSSR count). The normalized spacial score (nSPS) is 13.6. The molecule has 8 heteroatoms. The van der Waals surface area contributed by atoms with E-state index >= 15 is 0 Å². The third-order valence-electron chi connectivity index (χ3n) is 3.19. The molecule has 0 aromatic heterocycles. The van der Waals surface area contributed by atoms with Crippen molar-refractivity contribution < 1.29 is 25.2 Å². The van der Waals surface area contributed by atoms with Gasteiger partial charge in [-0.3, -0.25) is 0 Å². The van der Waals surface area contributed by atoms with E-state index in [0.29, 0.717) is 0 Å². The van der Waals surface area contributed by atoms with Crippen LogP contribution in [-0.4, -0.2) is 19.8 Å². The Balaban J connectivity index is 0.000000298. The van der Waals surface area contributed by atoms with Gasteiger partial charge in [0, 0.05) is 0 Å². The molecule has 0 heterocycles. The van der Waals surface area contributed by atoms with Crippen LogP contribution in [0.4, 0.5) is 25.2 Å². The molecule has 0 amide bonds. The molecule has 0 aliphatic rings. The van der Waals surface area contributed by atoms with E-state index in [1.165, 1.54) is 10.7 Å². The average molecular weight is 495 g/mol. The first-order valence-corrected chi connectivity index (χ1v) is 13.8. The van der Waals surface area contributed by atoms with E-state index in [-0.39, 0.29) is 0 Å². The molecule has 0 atom stereocenters. The molecule has 0 bridgehead atoms. The Morgan fingerprint density at radius 2 is 0.615 bits per heavy atom. The van der Waals surface area contributed by atoms with Crippen LogP contribution in [0.25, 0.3) is 0 Å². The van der Waals surface area contributed by atoms with Gasteiger partial charge in [-0.1, -0.05) is 0 Å². The molecule has 0 saturated carbocycles. The zero-order chi connectivity index (χ0) is 19.3. The molecule has 138 valence electrons. The fraction of sp³-hybridized carbons (Fsp3) is 0. The molecule has 0 saturated heterocycles. The van der Waals surface area contributed by atoms with Crippen LogP contribution in [0, 0.1) is 0 Å². The Morgan fingerprint density at radius 1 is 0.423 bits per heavy atom. The van der Waals surface area contributed by atoms with Crippen molar-refractivity contribution in [1.29, 1.82) is 0 Å². The molecule has 0 aliphatic carbocycles. The molecular formula is C18H15F6PSn. The number of halogens is 6. The summed E-state index contributed by atoms with van der Waals surface area (Å²) in [5.41, 5.74) is 0. The van der Waals surface area contributed by atoms with Gasteiger partial charge in [0.1, 0.15) is 0 Å². The monoisotopic (exact) mass is 496 g/mol. The van der Waals surface area contributed by atoms with Crippen molar-refractivity contribution in [3.63, 3.8) is 0 Å². The van der Waals surface area contributed by atoms with E-state index in [9.17, 15) is 25.2 Å². The second kappa shape index (κ2) is 7.23. The Kier molecular flexibility index (Phi) is 5.78. The molecule has 0 fully saturated rings. The summed E-state index contributed by atoms with van der Waals surface area (Å²) in [4.78, 5) is 0. The Labute approximate surface area is 154 Å². The maximum atomic E-state index is 9.87. The van der Waals surface area contributed by atoms with Crippen LogP contribution < -0.4 is 10.7 Å². The summed E-state index contributed by atoms with van der Waals surface area (Å²) >= 11 is -1.98. The van der Waals surface area contributed by atoms with Gasteiger partial charge in [-0.25, -0.2) is 0 Å². The Hall–Kier alpha value is -1.53. The SMILES string of the molecule is F[P-](F)(F)(F)(F)F.c1cc[c]([Sn+]([c]2ccccc2)[c]2ccccc2)cc1. The van der Waals surface area contributed by atoms with E-state index in [1.54, 1.807) is 0 Å². The molecule has 0 nitrogen and oxygen atoms in total. The summed E-state index contributed by atoms with van der Waals surface area (Å²) < 4.78 is 63.8. The van der Waals surface area contributed by atoms with Gasteiger partial charge in [-0.05, 0) is 0 Å². The fourth-order valence-electron chi connectivity index (χ4n) is 2.31. The zero-order valence-electron chi connectivity index (χ0n) is 13.4. The van der Waals surface area contributed by atoms with Crippen molar-refractivity contribution >= 4 is 38.3 Å². The summed E-state index contributed by atoms with van der Waals surface area (Å²) in [5, 5.41) is 0. The molecule has 0 aliphatic heterocycles. The van der Waals surface area contributed by atoms with Gasteiger partial charge in [-0.15, -0.1) is 0 Å². The van der Waals surface area contributed by atoms with Crippen LogP contribution in [0.5, 0.6) is 0 Å². The summed E-state index contributed by atoms with van der Waals surface area (Å²) in [5.74, 6) is 0. The van der Waals surface area contributed by atoms with Crippen molar-refractivity contribution in [2.45, 2.75) is 0 Å². The first kappa shape index (κ1) is 20.8. The van der Waals surface area contributed by atoms with Gasteiger partial charge in [0.25, 0.3) is 0 Å². The second-order valence-corrected chi connectivity index (χ2v) is 14.4. The summed E-state index contributed by atoms with van der Waals surface area (Å²) in [7, 11) is -10.7. The maximum absolute atomic E-state index is 10.7. The van der Waals surface area contributed by atoms with Crippen LogP contribution in [0.3, 0.4) is 0 Å². The topological polar surface area (TPSA) is 0 Å². The van der Waals surface area contributed by atoms with E-state index in [0.717, 1.165) is 0 Å². The van der Waals surface area contributed by atoms with Crippen molar-refractivity contribution in [1.82, 2.24) is 0 Å². The van der Waals surface area contributed by atoms with Gasteiger partial charge in [0.05, 0.1) is 0 Å². The van der Waals surface area contributed by atoms with Gasteiger partial charge in [0.2, 0.25) is 0 Å². The fourth-order valence-corrected chi connectivity index (χ4v) is 9.67. The third-order valence-corrected chi connectivity index (χ3v) is 11.0. The van der Waals surface area contributed by atoms with Crippen LogP contribution >= 0.6 is 7.81 Å². The predicted octanol–water partition coefficient (Wildman–Crippen LogP) is 5.59. The summed E-state index contributed by atoms with van der Waals surface area (Å²) in [6.45, 7) is 0. The van der Waals surface area contributed by atoms with Gasteiger partial charge >= 0.3 is 154 Å². The Bertz CT molecular complexity index is 716. The predicted molar refractivity (Wildman–Crippen MR) is 97.6 cm³/mol. The first-order chi connectivity index (χ1) is 11.9. The summed E-state index contributed by atoms with van der Waals surface area (Å²) in [6, 6.07) is 32.9. The first-order valence-electron chi connectivity index (χ1n) is 7.50. The van der Waals surface area contributed by atoms with Crippen molar-refractivity contribution in [3.8, 4) is 0 Å². The standard InChI is InChI=1S/3C6H5.F6P.Sn/c3*1-2-4-6-5-3-1;1-7(2,3,4,5)6;/h3*1-5H;;/q;;;-1;+1. The molecule has 26 heavy (non-hydrogen) atoms. The molecule has 0 spiro atoms. The number of benzene rings is 3. The van der Waals surface area contributed by atoms with Crippen molar-refractivity contribution in [2.24, 2.45) is 0 Å². The summed E-state index contributed by atoms with van der Waals surface area (Å²) in [6.07, 6.45) is 0. The molecule has 0 N–H and O–H groups in total. The minimum atomic E-state index is -10.7. The molecule has 0 unspecified atom stereocenters. The third kappa shape index (κ3) is 8.72. The zero-order valence-corrected chi connectivity index (χ0v) is 17.1. The Morgan fingerprint density at radius 3 is 0.808 bits per heavy atom. The van der Waals surface area contributed by atoms with E-state index < -0.39 is 27.6 Å². The minimum absolute atomic E-state index is 1.53. The van der Waals surface area contributed by atoms with Gasteiger partial charge < -0.3 is 0 Å². The average Bonchev–Trinajstić information content (AvgIpc) is 2.55. The van der Waals surface area contributed by atoms with Crippen LogP contribution in [0.2, 0.25) is 0 Å². The van der Waals surface area contributed by atoms with E-state index in [2.05, 4.69) is 91.0 Å². The van der Waals surface area contributed by atoms with Crippen molar-refractivity contribution in [3.05, 3.63) is 91.0 Å². The van der Waals surface area contributed by atoms with E-state index in [1.807, 2.05) is 0 Å². The molecule has 3 aromatic carbocycles. The van der Waals surface area contributed by atoms with Crippen molar-refractivity contribution in [2.75, 3.05) is 0 Å². The van der Waals surface area contributed by atoms with Gasteiger partial charge in [0.15, 0.2) is 0 Å². The van der Waals surface area contributed by atoms with E-state index in [4.69, 9.17) is 0 Å². The molecular weight excluding hydrogens is 480 g/mol. The van der Waals surface area contributed by atoms with Crippen LogP contribution in [0.15, 0.2) is 91.0 Å². The second-order valence-electron chi connectivity index (χ2n) is 5.43. The number of rotatable bonds is 3. The van der Waals surface area contributed by atoms with Crippen LogP contribution in [0.1, 0.15) is 0 Å².